The molecular weight excluding hydrogens is 217 g/mol. The summed E-state index contributed by atoms with van der Waals surface area (Å²) in [6, 6.07) is 10.6. The van der Waals surface area contributed by atoms with Gasteiger partial charge in [-0.15, -0.1) is 0 Å². The first-order chi connectivity index (χ1) is 8.15. The van der Waals surface area contributed by atoms with E-state index in [-0.39, 0.29) is 0 Å². The summed E-state index contributed by atoms with van der Waals surface area (Å²) in [6.07, 6.45) is 0. The van der Waals surface area contributed by atoms with Crippen molar-refractivity contribution in [3.05, 3.63) is 53.7 Å². The average molecular weight is 231 g/mol. The maximum atomic E-state index is 13.0. The van der Waals surface area contributed by atoms with Crippen LogP contribution in [0.1, 0.15) is 11.4 Å². The molecule has 2 heterocycles. The monoisotopic (exact) mass is 231 g/mol. The van der Waals surface area contributed by atoms with E-state index in [0.29, 0.717) is 12.4 Å². The van der Waals surface area contributed by atoms with Crippen molar-refractivity contribution in [1.29, 1.82) is 0 Å². The summed E-state index contributed by atoms with van der Waals surface area (Å²) >= 11 is 0. The topological polar surface area (TPSA) is 29.0 Å². The second-order valence-electron chi connectivity index (χ2n) is 3.94. The van der Waals surface area contributed by atoms with Crippen LogP contribution in [0, 0.1) is 12.9 Å². The lowest BCUT2D eigenvalue weighted by Gasteiger charge is -2.17. The molecule has 0 amide bonds. The largest absolute Gasteiger partial charge is 0.354 e. The van der Waals surface area contributed by atoms with Crippen LogP contribution in [0.25, 0.3) is 0 Å². The first kappa shape index (κ1) is 11.5. The first-order valence-electron chi connectivity index (χ1n) is 5.41. The Bertz CT molecular complexity index is 514. The van der Waals surface area contributed by atoms with Crippen LogP contribution in [0.3, 0.4) is 0 Å². The summed E-state index contributed by atoms with van der Waals surface area (Å²) in [4.78, 5) is 10.1. The van der Waals surface area contributed by atoms with Crippen LogP contribution in [0.2, 0.25) is 0 Å². The number of anilines is 1. The molecule has 0 aliphatic rings. The Morgan fingerprint density at radius 3 is 2.59 bits per heavy atom. The zero-order chi connectivity index (χ0) is 12.3. The Morgan fingerprint density at radius 2 is 1.88 bits per heavy atom. The summed E-state index contributed by atoms with van der Waals surface area (Å²) in [7, 11) is 1.87. The minimum atomic E-state index is -0.466. The molecule has 0 aromatic carbocycles. The molecule has 3 nitrogen and oxygen atoms in total. The van der Waals surface area contributed by atoms with Gasteiger partial charge in [0.1, 0.15) is 5.82 Å². The summed E-state index contributed by atoms with van der Waals surface area (Å²) in [5.41, 5.74) is 1.92. The third-order valence-corrected chi connectivity index (χ3v) is 2.44. The molecule has 88 valence electrons. The highest BCUT2D eigenvalue weighted by atomic mass is 19.1. The molecule has 0 radical (unpaired) electrons. The van der Waals surface area contributed by atoms with E-state index in [4.69, 9.17) is 0 Å². The van der Waals surface area contributed by atoms with Crippen molar-refractivity contribution in [2.45, 2.75) is 13.5 Å². The quantitative estimate of drug-likeness (QED) is 0.760. The molecule has 0 bridgehead atoms. The molecule has 0 spiro atoms. The van der Waals surface area contributed by atoms with Gasteiger partial charge < -0.3 is 4.90 Å². The highest BCUT2D eigenvalue weighted by Gasteiger charge is 2.05. The summed E-state index contributed by atoms with van der Waals surface area (Å²) < 4.78 is 13.0. The van der Waals surface area contributed by atoms with E-state index >= 15 is 0 Å². The number of hydrogen-bond donors (Lipinski definition) is 0. The van der Waals surface area contributed by atoms with Crippen LogP contribution in [0.5, 0.6) is 0 Å². The maximum Gasteiger partial charge on any atom is 0.214 e. The maximum absolute atomic E-state index is 13.0. The zero-order valence-electron chi connectivity index (χ0n) is 9.89. The van der Waals surface area contributed by atoms with Gasteiger partial charge in [-0.1, -0.05) is 12.1 Å². The minimum absolute atomic E-state index is 0.466. The molecule has 0 saturated carbocycles. The fourth-order valence-corrected chi connectivity index (χ4v) is 1.62. The Kier molecular flexibility index (Phi) is 3.32. The van der Waals surface area contributed by atoms with Crippen molar-refractivity contribution in [3.63, 3.8) is 0 Å². The van der Waals surface area contributed by atoms with E-state index in [0.717, 1.165) is 11.4 Å². The van der Waals surface area contributed by atoms with Gasteiger partial charge in [-0.05, 0) is 31.2 Å². The fourth-order valence-electron chi connectivity index (χ4n) is 1.62. The molecule has 0 N–H and O–H groups in total. The van der Waals surface area contributed by atoms with Crippen LogP contribution < -0.4 is 4.90 Å². The molecule has 0 unspecified atom stereocenters. The predicted molar refractivity (Wildman–Crippen MR) is 65.3 cm³/mol. The van der Waals surface area contributed by atoms with Crippen molar-refractivity contribution in [2.24, 2.45) is 0 Å². The number of halogens is 1. The lowest BCUT2D eigenvalue weighted by molar-refractivity contribution is 0.582. The smallest absolute Gasteiger partial charge is 0.214 e. The van der Waals surface area contributed by atoms with Crippen molar-refractivity contribution >= 4 is 5.82 Å². The molecule has 0 atom stereocenters. The zero-order valence-corrected chi connectivity index (χ0v) is 9.89. The standard InChI is InChI=1S/C13H14FN3/c1-10-5-3-6-11(15-10)9-17(2)13-8-4-7-12(14)16-13/h3-8H,9H2,1-2H3. The molecule has 4 heteroatoms. The second kappa shape index (κ2) is 4.91. The van der Waals surface area contributed by atoms with E-state index in [9.17, 15) is 4.39 Å². The highest BCUT2D eigenvalue weighted by molar-refractivity contribution is 5.37. The fraction of sp³-hybridized carbons (Fsp3) is 0.231. The molecule has 2 rings (SSSR count). The highest BCUT2D eigenvalue weighted by Crippen LogP contribution is 2.12. The summed E-state index contributed by atoms with van der Waals surface area (Å²) in [6.45, 7) is 2.56. The Hall–Kier alpha value is -1.97. The molecular formula is C13H14FN3. The number of nitrogens with zero attached hydrogens (tertiary/aromatic N) is 3. The van der Waals surface area contributed by atoms with Crippen LogP contribution in [0.4, 0.5) is 10.2 Å². The Morgan fingerprint density at radius 1 is 1.12 bits per heavy atom. The molecule has 0 aliphatic carbocycles. The van der Waals surface area contributed by atoms with Crippen LogP contribution in [-0.2, 0) is 6.54 Å². The Balaban J connectivity index is 2.14. The summed E-state index contributed by atoms with van der Waals surface area (Å²) in [5.74, 6) is 0.139. The van der Waals surface area contributed by atoms with Gasteiger partial charge in [-0.2, -0.15) is 4.39 Å². The molecule has 0 aliphatic heterocycles. The number of pyridine rings is 2. The van der Waals surface area contributed by atoms with E-state index in [2.05, 4.69) is 9.97 Å². The van der Waals surface area contributed by atoms with Gasteiger partial charge in [-0.3, -0.25) is 4.98 Å². The summed E-state index contributed by atoms with van der Waals surface area (Å²) in [5, 5.41) is 0. The van der Waals surface area contributed by atoms with Gasteiger partial charge >= 0.3 is 0 Å². The van der Waals surface area contributed by atoms with Gasteiger partial charge in [0.25, 0.3) is 0 Å². The predicted octanol–water partition coefficient (Wildman–Crippen LogP) is 2.56. The van der Waals surface area contributed by atoms with Crippen LogP contribution in [0.15, 0.2) is 36.4 Å². The number of rotatable bonds is 3. The molecule has 2 aromatic rings. The van der Waals surface area contributed by atoms with Crippen molar-refractivity contribution in [2.75, 3.05) is 11.9 Å². The third-order valence-electron chi connectivity index (χ3n) is 2.44. The van der Waals surface area contributed by atoms with E-state index < -0.39 is 5.95 Å². The van der Waals surface area contributed by atoms with Gasteiger partial charge in [0.05, 0.1) is 12.2 Å². The first-order valence-corrected chi connectivity index (χ1v) is 5.41. The normalized spacial score (nSPS) is 10.3. The number of aromatic nitrogens is 2. The number of aryl methyl sites for hydroxylation is 1. The van der Waals surface area contributed by atoms with Gasteiger partial charge in [0.2, 0.25) is 5.95 Å². The van der Waals surface area contributed by atoms with E-state index in [1.807, 2.05) is 37.1 Å². The van der Waals surface area contributed by atoms with E-state index in [1.165, 1.54) is 6.07 Å². The lowest BCUT2D eigenvalue weighted by atomic mass is 10.3. The van der Waals surface area contributed by atoms with Crippen molar-refractivity contribution in [1.82, 2.24) is 9.97 Å². The minimum Gasteiger partial charge on any atom is -0.354 e. The average Bonchev–Trinajstić information content (AvgIpc) is 2.29. The second-order valence-corrected chi connectivity index (χ2v) is 3.94. The van der Waals surface area contributed by atoms with Gasteiger partial charge in [0, 0.05) is 12.7 Å². The van der Waals surface area contributed by atoms with Crippen LogP contribution >= 0.6 is 0 Å². The molecule has 2 aromatic heterocycles. The van der Waals surface area contributed by atoms with Crippen molar-refractivity contribution in [3.8, 4) is 0 Å². The van der Waals surface area contributed by atoms with Crippen molar-refractivity contribution < 1.29 is 4.39 Å². The SMILES string of the molecule is Cc1cccc(CN(C)c2cccc(F)n2)n1. The molecule has 17 heavy (non-hydrogen) atoms. The van der Waals surface area contributed by atoms with E-state index in [1.54, 1.807) is 12.1 Å². The van der Waals surface area contributed by atoms with Gasteiger partial charge in [-0.25, -0.2) is 4.98 Å². The van der Waals surface area contributed by atoms with Gasteiger partial charge in [0.15, 0.2) is 0 Å². The third kappa shape index (κ3) is 3.00. The molecule has 0 fully saturated rings. The van der Waals surface area contributed by atoms with Crippen LogP contribution in [-0.4, -0.2) is 17.0 Å². The Labute approximate surface area is 99.9 Å². The molecule has 0 saturated heterocycles. The lowest BCUT2D eigenvalue weighted by Crippen LogP contribution is -2.18. The number of hydrogen-bond acceptors (Lipinski definition) is 3.